The number of halogens is 1. The maximum Gasteiger partial charge on any atom is 0.279 e. The fraction of sp³-hybridized carbons (Fsp3) is 0.318. The second kappa shape index (κ2) is 7.05. The number of para-hydroxylation sites is 1. The first kappa shape index (κ1) is 18.7. The molecule has 0 amide bonds. The number of fused-ring (bicyclic) bond motifs is 2. The fourth-order valence-corrected chi connectivity index (χ4v) is 4.23. The summed E-state index contributed by atoms with van der Waals surface area (Å²) in [5, 5.41) is 13.5. The minimum Gasteiger partial charge on any atom is -0.464 e. The first-order valence-corrected chi connectivity index (χ1v) is 9.32. The zero-order valence-electron chi connectivity index (χ0n) is 15.5. The molecule has 28 heavy (non-hydrogen) atoms. The van der Waals surface area contributed by atoms with Crippen molar-refractivity contribution in [2.45, 2.75) is 31.5 Å². The number of ether oxygens (including phenoxy) is 2. The summed E-state index contributed by atoms with van der Waals surface area (Å²) in [6.07, 6.45) is 3.78. The van der Waals surface area contributed by atoms with Crippen LogP contribution < -0.4 is 14.8 Å². The lowest BCUT2D eigenvalue weighted by Crippen LogP contribution is -2.32. The van der Waals surface area contributed by atoms with Crippen LogP contribution in [0.4, 0.5) is 0 Å². The molecule has 0 saturated carbocycles. The van der Waals surface area contributed by atoms with Gasteiger partial charge in [0.2, 0.25) is 0 Å². The van der Waals surface area contributed by atoms with E-state index >= 15 is 0 Å². The van der Waals surface area contributed by atoms with Crippen LogP contribution in [0, 0.1) is 11.3 Å². The highest BCUT2D eigenvalue weighted by atomic mass is 35.5. The Balaban J connectivity index is 0.00000192. The van der Waals surface area contributed by atoms with Gasteiger partial charge in [0.25, 0.3) is 5.79 Å². The summed E-state index contributed by atoms with van der Waals surface area (Å²) in [5.74, 6) is 1.07. The molecule has 1 atom stereocenters. The average Bonchev–Trinajstić information content (AvgIpc) is 3.32. The molecule has 3 aromatic rings. The Kier molecular flexibility index (Phi) is 4.70. The highest BCUT2D eigenvalue weighted by Crippen LogP contribution is 2.50. The number of piperidine rings is 1. The predicted octanol–water partition coefficient (Wildman–Crippen LogP) is 4.84. The van der Waals surface area contributed by atoms with Gasteiger partial charge in [0, 0.05) is 17.9 Å². The van der Waals surface area contributed by atoms with Crippen molar-refractivity contribution in [1.29, 1.82) is 5.26 Å². The molecule has 1 unspecified atom stereocenters. The second-order valence-corrected chi connectivity index (χ2v) is 7.28. The third-order valence-electron chi connectivity index (χ3n) is 5.62. The Morgan fingerprint density at radius 1 is 1.11 bits per heavy atom. The molecule has 3 heterocycles. The summed E-state index contributed by atoms with van der Waals surface area (Å²) in [6, 6.07) is 13.8. The SMILES string of the molecule is CC1(c2ccc(C#N)c3ccoc23)Oc2cccc(C3CCNCC3)c2O1.Cl. The van der Waals surface area contributed by atoms with Gasteiger partial charge in [-0.2, -0.15) is 5.26 Å². The Labute approximate surface area is 169 Å². The lowest BCUT2D eigenvalue weighted by molar-refractivity contribution is -0.0678. The lowest BCUT2D eigenvalue weighted by Gasteiger charge is -2.26. The molecule has 2 aromatic carbocycles. The van der Waals surface area contributed by atoms with Crippen LogP contribution in [-0.2, 0) is 5.79 Å². The van der Waals surface area contributed by atoms with E-state index in [1.165, 1.54) is 5.56 Å². The van der Waals surface area contributed by atoms with Crippen LogP contribution in [0.15, 0.2) is 47.1 Å². The standard InChI is InChI=1S/C22H20N2O3.ClH/c1-22(18-6-5-15(13-23)17-9-12-25-20(17)18)26-19-4-2-3-16(21(19)27-22)14-7-10-24-11-8-14;/h2-6,9,12,14,24H,7-8,10-11H2,1H3;1H. The molecule has 6 heteroatoms. The molecule has 1 saturated heterocycles. The molecule has 2 aliphatic heterocycles. The Hall–Kier alpha value is -2.68. The summed E-state index contributed by atoms with van der Waals surface area (Å²) in [4.78, 5) is 0. The Morgan fingerprint density at radius 2 is 1.93 bits per heavy atom. The van der Waals surface area contributed by atoms with Crippen molar-refractivity contribution in [1.82, 2.24) is 5.32 Å². The monoisotopic (exact) mass is 396 g/mol. The Bertz CT molecular complexity index is 1070. The van der Waals surface area contributed by atoms with Gasteiger partial charge in [-0.15, -0.1) is 12.4 Å². The molecule has 2 aliphatic rings. The first-order chi connectivity index (χ1) is 13.2. The molecule has 0 aliphatic carbocycles. The molecule has 0 radical (unpaired) electrons. The molecule has 1 fully saturated rings. The van der Waals surface area contributed by atoms with Gasteiger partial charge in [-0.1, -0.05) is 12.1 Å². The molecule has 0 spiro atoms. The maximum atomic E-state index is 9.34. The first-order valence-electron chi connectivity index (χ1n) is 9.32. The van der Waals surface area contributed by atoms with Gasteiger partial charge < -0.3 is 19.2 Å². The van der Waals surface area contributed by atoms with Crippen molar-refractivity contribution in [3.63, 3.8) is 0 Å². The smallest absolute Gasteiger partial charge is 0.279 e. The number of benzene rings is 2. The van der Waals surface area contributed by atoms with E-state index in [4.69, 9.17) is 13.9 Å². The third-order valence-corrected chi connectivity index (χ3v) is 5.62. The van der Waals surface area contributed by atoms with Gasteiger partial charge in [-0.25, -0.2) is 0 Å². The van der Waals surface area contributed by atoms with E-state index < -0.39 is 5.79 Å². The summed E-state index contributed by atoms with van der Waals surface area (Å²) in [6.45, 7) is 3.95. The highest BCUT2D eigenvalue weighted by molar-refractivity contribution is 5.87. The van der Waals surface area contributed by atoms with Crippen LogP contribution >= 0.6 is 12.4 Å². The number of furan rings is 1. The van der Waals surface area contributed by atoms with Gasteiger partial charge >= 0.3 is 0 Å². The van der Waals surface area contributed by atoms with Crippen molar-refractivity contribution in [3.05, 3.63) is 59.4 Å². The number of hydrogen-bond donors (Lipinski definition) is 1. The van der Waals surface area contributed by atoms with Gasteiger partial charge in [0.1, 0.15) is 5.58 Å². The van der Waals surface area contributed by atoms with Crippen molar-refractivity contribution >= 4 is 23.4 Å². The van der Waals surface area contributed by atoms with Crippen LogP contribution in [0.3, 0.4) is 0 Å². The highest BCUT2D eigenvalue weighted by Gasteiger charge is 2.43. The van der Waals surface area contributed by atoms with Crippen molar-refractivity contribution in [3.8, 4) is 17.6 Å². The number of nitriles is 1. The minimum atomic E-state index is -0.991. The average molecular weight is 397 g/mol. The molecule has 0 bridgehead atoms. The van der Waals surface area contributed by atoms with E-state index in [2.05, 4.69) is 17.5 Å². The van der Waals surface area contributed by atoms with E-state index in [0.29, 0.717) is 17.1 Å². The van der Waals surface area contributed by atoms with Crippen LogP contribution in [0.2, 0.25) is 0 Å². The molecule has 5 nitrogen and oxygen atoms in total. The van der Waals surface area contributed by atoms with Crippen LogP contribution in [0.25, 0.3) is 11.0 Å². The number of hydrogen-bond acceptors (Lipinski definition) is 5. The third kappa shape index (κ3) is 2.81. The van der Waals surface area contributed by atoms with Crippen molar-refractivity contribution in [2.75, 3.05) is 13.1 Å². The summed E-state index contributed by atoms with van der Waals surface area (Å²) in [5.41, 5.74) is 3.21. The van der Waals surface area contributed by atoms with E-state index in [0.717, 1.165) is 48.4 Å². The molecule has 5 rings (SSSR count). The summed E-state index contributed by atoms with van der Waals surface area (Å²) in [7, 11) is 0. The predicted molar refractivity (Wildman–Crippen MR) is 108 cm³/mol. The van der Waals surface area contributed by atoms with Gasteiger partial charge in [-0.3, -0.25) is 0 Å². The van der Waals surface area contributed by atoms with Crippen LogP contribution in [0.1, 0.15) is 42.4 Å². The van der Waals surface area contributed by atoms with Crippen LogP contribution in [-0.4, -0.2) is 13.1 Å². The molecule has 144 valence electrons. The number of nitrogens with one attached hydrogen (secondary N) is 1. The lowest BCUT2D eigenvalue weighted by atomic mass is 9.89. The largest absolute Gasteiger partial charge is 0.464 e. The molecule has 1 N–H and O–H groups in total. The number of nitrogens with zero attached hydrogens (tertiary/aromatic N) is 1. The van der Waals surface area contributed by atoms with Gasteiger partial charge in [0.15, 0.2) is 11.5 Å². The second-order valence-electron chi connectivity index (χ2n) is 7.28. The molecule has 1 aromatic heterocycles. The summed E-state index contributed by atoms with van der Waals surface area (Å²) >= 11 is 0. The Morgan fingerprint density at radius 3 is 2.71 bits per heavy atom. The maximum absolute atomic E-state index is 9.34. The van der Waals surface area contributed by atoms with E-state index in [1.54, 1.807) is 12.3 Å². The van der Waals surface area contributed by atoms with E-state index in [9.17, 15) is 5.26 Å². The fourth-order valence-electron chi connectivity index (χ4n) is 4.23. The summed E-state index contributed by atoms with van der Waals surface area (Å²) < 4.78 is 18.4. The zero-order chi connectivity index (χ0) is 18.4. The van der Waals surface area contributed by atoms with E-state index in [-0.39, 0.29) is 12.4 Å². The minimum absolute atomic E-state index is 0. The van der Waals surface area contributed by atoms with Crippen molar-refractivity contribution in [2.24, 2.45) is 0 Å². The zero-order valence-corrected chi connectivity index (χ0v) is 16.3. The van der Waals surface area contributed by atoms with Crippen molar-refractivity contribution < 1.29 is 13.9 Å². The quantitative estimate of drug-likeness (QED) is 0.671. The topological polar surface area (TPSA) is 67.4 Å². The van der Waals surface area contributed by atoms with Crippen LogP contribution in [0.5, 0.6) is 11.5 Å². The van der Waals surface area contributed by atoms with E-state index in [1.807, 2.05) is 31.2 Å². The van der Waals surface area contributed by atoms with Gasteiger partial charge in [-0.05, 0) is 56.1 Å². The molecular weight excluding hydrogens is 376 g/mol. The molecular formula is C22H21ClN2O3. The van der Waals surface area contributed by atoms with Gasteiger partial charge in [0.05, 0.1) is 23.5 Å². The number of rotatable bonds is 2. The normalized spacial score (nSPS) is 21.3.